The molecule has 0 bridgehead atoms. The molecule has 0 unspecified atom stereocenters. The molecule has 0 aromatic carbocycles. The Balaban J connectivity index is 2.11. The van der Waals surface area contributed by atoms with Gasteiger partial charge in [0, 0.05) is 20.9 Å². The van der Waals surface area contributed by atoms with Crippen molar-refractivity contribution in [3.05, 3.63) is 70.6 Å². The summed E-state index contributed by atoms with van der Waals surface area (Å²) in [5, 5.41) is 10.6. The van der Waals surface area contributed by atoms with Gasteiger partial charge in [0.25, 0.3) is 0 Å². The number of hydrogen-bond donors (Lipinski definition) is 0. The van der Waals surface area contributed by atoms with Gasteiger partial charge in [-0.3, -0.25) is 0 Å². The smallest absolute Gasteiger partial charge is 0.163 e. The molecule has 28 heavy (non-hydrogen) atoms. The number of thiophene rings is 2. The molecule has 0 spiro atoms. The summed E-state index contributed by atoms with van der Waals surface area (Å²) in [6, 6.07) is 6.31. The summed E-state index contributed by atoms with van der Waals surface area (Å²) in [4.78, 5) is 8.43. The van der Waals surface area contributed by atoms with Crippen LogP contribution in [-0.2, 0) is 0 Å². The highest BCUT2D eigenvalue weighted by Gasteiger charge is 2.23. The van der Waals surface area contributed by atoms with Crippen molar-refractivity contribution in [2.75, 3.05) is 0 Å². The first-order valence-electron chi connectivity index (χ1n) is 8.86. The number of pyridine rings is 1. The summed E-state index contributed by atoms with van der Waals surface area (Å²) in [5.41, 5.74) is 6.17. The highest BCUT2D eigenvalue weighted by atomic mass is 32.1. The molecule has 0 atom stereocenters. The van der Waals surface area contributed by atoms with Gasteiger partial charge in [0.1, 0.15) is 11.2 Å². The number of nitrogens with zero attached hydrogens (tertiary/aromatic N) is 3. The van der Waals surface area contributed by atoms with Crippen LogP contribution in [0, 0.1) is 13.8 Å². The molecule has 4 heterocycles. The topological polar surface area (TPSA) is 51.8 Å². The molecule has 4 nitrogen and oxygen atoms in total. The number of fused-ring (bicyclic) bond motifs is 1. The Kier molecular flexibility index (Phi) is 5.07. The lowest BCUT2D eigenvalue weighted by molar-refractivity contribution is 0.315. The second-order valence-electron chi connectivity index (χ2n) is 6.40. The summed E-state index contributed by atoms with van der Waals surface area (Å²) < 4.78 is 5.17. The normalized spacial score (nSPS) is 12.3. The van der Waals surface area contributed by atoms with Gasteiger partial charge in [-0.15, -0.1) is 22.7 Å². The predicted molar refractivity (Wildman–Crippen MR) is 119 cm³/mol. The fourth-order valence-corrected chi connectivity index (χ4v) is 4.90. The first-order valence-corrected chi connectivity index (χ1v) is 10.6. The summed E-state index contributed by atoms with van der Waals surface area (Å²) in [6.07, 6.45) is 7.78. The minimum Gasteiger partial charge on any atom is -0.244 e. The number of aryl methyl sites for hydroxylation is 2. The van der Waals surface area contributed by atoms with Crippen molar-refractivity contribution in [3.63, 3.8) is 0 Å². The zero-order valence-electron chi connectivity index (χ0n) is 15.9. The van der Waals surface area contributed by atoms with Gasteiger partial charge in [0.05, 0.1) is 10.6 Å². The van der Waals surface area contributed by atoms with Gasteiger partial charge in [-0.25, -0.2) is 9.61 Å². The van der Waals surface area contributed by atoms with Gasteiger partial charge in [-0.05, 0) is 60.2 Å². The fourth-order valence-electron chi connectivity index (χ4n) is 3.10. The highest BCUT2D eigenvalue weighted by Crippen LogP contribution is 2.41. The van der Waals surface area contributed by atoms with Crippen LogP contribution in [0.2, 0.25) is 0 Å². The summed E-state index contributed by atoms with van der Waals surface area (Å²) in [5.74, 6) is 0. The van der Waals surface area contributed by atoms with Gasteiger partial charge >= 0.3 is 0 Å². The maximum Gasteiger partial charge on any atom is 0.163 e. The van der Waals surface area contributed by atoms with Crippen molar-refractivity contribution in [1.29, 1.82) is 0 Å². The summed E-state index contributed by atoms with van der Waals surface area (Å²) in [7, 11) is 0. The van der Waals surface area contributed by atoms with Crippen LogP contribution >= 0.6 is 22.7 Å². The van der Waals surface area contributed by atoms with Crippen molar-refractivity contribution >= 4 is 39.3 Å². The number of allylic oxidation sites excluding steroid dienone is 5. The lowest BCUT2D eigenvalue weighted by Crippen LogP contribution is -1.97. The predicted octanol–water partition coefficient (Wildman–Crippen LogP) is 6.84. The molecule has 4 aromatic rings. The molecule has 0 radical (unpaired) electrons. The van der Waals surface area contributed by atoms with E-state index in [1.807, 2.05) is 25.2 Å². The van der Waals surface area contributed by atoms with E-state index in [1.54, 1.807) is 28.7 Å². The molecule has 0 N–H and O–H groups in total. The molecular formula is C22H19N3OS2. The zero-order chi connectivity index (χ0) is 19.7. The van der Waals surface area contributed by atoms with Crippen LogP contribution in [0.1, 0.15) is 23.1 Å². The zero-order valence-corrected chi connectivity index (χ0v) is 17.5. The molecule has 4 rings (SSSR count). The molecule has 0 saturated heterocycles. The Morgan fingerprint density at radius 1 is 1.14 bits per heavy atom. The molecule has 4 aromatic heterocycles. The van der Waals surface area contributed by atoms with Crippen molar-refractivity contribution < 1.29 is 4.63 Å². The molecular weight excluding hydrogens is 386 g/mol. The van der Waals surface area contributed by atoms with E-state index in [-0.39, 0.29) is 0 Å². The van der Waals surface area contributed by atoms with E-state index < -0.39 is 0 Å². The Morgan fingerprint density at radius 3 is 2.61 bits per heavy atom. The molecule has 0 fully saturated rings. The second kappa shape index (κ2) is 7.66. The van der Waals surface area contributed by atoms with Gasteiger partial charge < -0.3 is 0 Å². The first-order chi connectivity index (χ1) is 13.6. The van der Waals surface area contributed by atoms with E-state index >= 15 is 0 Å². The number of hydrogen-bond acceptors (Lipinski definition) is 6. The van der Waals surface area contributed by atoms with Crippen LogP contribution in [0.3, 0.4) is 0 Å². The van der Waals surface area contributed by atoms with Gasteiger partial charge in [-0.2, -0.15) is 0 Å². The second-order valence-corrected chi connectivity index (χ2v) is 8.60. The fraction of sp³-hybridized carbons (Fsp3) is 0.136. The third-order valence-corrected chi connectivity index (χ3v) is 6.35. The average molecular weight is 406 g/mol. The van der Waals surface area contributed by atoms with Crippen molar-refractivity contribution in [2.24, 2.45) is 0 Å². The van der Waals surface area contributed by atoms with Crippen molar-refractivity contribution in [1.82, 2.24) is 15.3 Å². The minimum atomic E-state index is 0.685. The Bertz CT molecular complexity index is 1220. The van der Waals surface area contributed by atoms with E-state index in [0.29, 0.717) is 5.52 Å². The van der Waals surface area contributed by atoms with Crippen molar-refractivity contribution in [2.45, 2.75) is 20.8 Å². The lowest BCUT2D eigenvalue weighted by Gasteiger charge is -2.11. The Morgan fingerprint density at radius 2 is 1.96 bits per heavy atom. The average Bonchev–Trinajstić information content (AvgIpc) is 3.41. The number of aromatic nitrogens is 3. The standard InChI is InChI=1S/C22H19N3OS2/c1-5-7-15(8-6-2)19-18(17-11-13(3)12-27-17)21-22(25-26-24-21)20(23-19)16-10-9-14(4)28-16/h5-12H,1H2,2-4H3/b8-6-,15-7+. The monoisotopic (exact) mass is 405 g/mol. The molecule has 140 valence electrons. The van der Waals surface area contributed by atoms with E-state index in [2.05, 4.69) is 54.3 Å². The van der Waals surface area contributed by atoms with E-state index in [0.717, 1.165) is 37.8 Å². The van der Waals surface area contributed by atoms with Crippen LogP contribution in [0.4, 0.5) is 0 Å². The molecule has 0 aliphatic rings. The molecule has 0 aliphatic carbocycles. The van der Waals surface area contributed by atoms with Gasteiger partial charge in [-0.1, -0.05) is 30.9 Å². The van der Waals surface area contributed by atoms with Gasteiger partial charge in [0.15, 0.2) is 5.52 Å². The first kappa shape index (κ1) is 18.5. The third-order valence-electron chi connectivity index (χ3n) is 4.28. The molecule has 6 heteroatoms. The maximum absolute atomic E-state index is 5.17. The lowest BCUT2D eigenvalue weighted by atomic mass is 10.0. The largest absolute Gasteiger partial charge is 0.244 e. The van der Waals surface area contributed by atoms with Crippen LogP contribution in [0.25, 0.3) is 37.6 Å². The SMILES string of the molecule is C=C/C=C(\C=C/C)c1nc(-c2ccc(C)s2)c2nonc2c1-c1cc(C)cs1. The Hall–Kier alpha value is -2.83. The van der Waals surface area contributed by atoms with Gasteiger partial charge in [0.2, 0.25) is 0 Å². The summed E-state index contributed by atoms with van der Waals surface area (Å²) >= 11 is 3.36. The van der Waals surface area contributed by atoms with E-state index in [9.17, 15) is 0 Å². The quantitative estimate of drug-likeness (QED) is 0.341. The highest BCUT2D eigenvalue weighted by molar-refractivity contribution is 7.15. The van der Waals surface area contributed by atoms with Crippen molar-refractivity contribution in [3.8, 4) is 21.0 Å². The minimum absolute atomic E-state index is 0.685. The van der Waals surface area contributed by atoms with Crippen LogP contribution in [-0.4, -0.2) is 15.3 Å². The van der Waals surface area contributed by atoms with E-state index in [1.165, 1.54) is 10.4 Å². The molecule has 0 aliphatic heterocycles. The van der Waals surface area contributed by atoms with Crippen LogP contribution in [0.5, 0.6) is 0 Å². The Labute approximate surface area is 171 Å². The molecule has 0 amide bonds. The van der Waals surface area contributed by atoms with Crippen LogP contribution in [0.15, 0.2) is 59.1 Å². The third kappa shape index (κ3) is 3.25. The number of rotatable bonds is 5. The van der Waals surface area contributed by atoms with E-state index in [4.69, 9.17) is 9.61 Å². The van der Waals surface area contributed by atoms with Crippen LogP contribution < -0.4 is 0 Å². The molecule has 0 saturated carbocycles. The maximum atomic E-state index is 5.17. The summed E-state index contributed by atoms with van der Waals surface area (Å²) in [6.45, 7) is 10.0.